The van der Waals surface area contributed by atoms with E-state index < -0.39 is 4.92 Å². The molecule has 6 nitrogen and oxygen atoms in total. The van der Waals surface area contributed by atoms with Crippen LogP contribution in [-0.2, 0) is 6.54 Å². The third kappa shape index (κ3) is 3.00. The van der Waals surface area contributed by atoms with Gasteiger partial charge in [-0.25, -0.2) is 4.98 Å². The first-order chi connectivity index (χ1) is 8.97. The van der Waals surface area contributed by atoms with E-state index in [4.69, 9.17) is 0 Å². The molecule has 0 spiro atoms. The van der Waals surface area contributed by atoms with E-state index in [0.717, 1.165) is 21.6 Å². The van der Waals surface area contributed by atoms with Crippen LogP contribution in [-0.4, -0.2) is 15.0 Å². The van der Waals surface area contributed by atoms with Crippen molar-refractivity contribution < 1.29 is 10.0 Å². The Bertz CT molecular complexity index is 625. The lowest BCUT2D eigenvalue weighted by molar-refractivity contribution is -0.384. The number of hydrogen-bond donors (Lipinski definition) is 2. The lowest BCUT2D eigenvalue weighted by Crippen LogP contribution is -2.02. The molecule has 0 bridgehead atoms. The van der Waals surface area contributed by atoms with Crippen LogP contribution in [0.15, 0.2) is 18.2 Å². The number of nitrogens with zero attached hydrogens (tertiary/aromatic N) is 2. The molecule has 100 valence electrons. The number of phenolic OH excluding ortho intramolecular Hbond substituents is 1. The van der Waals surface area contributed by atoms with Gasteiger partial charge >= 0.3 is 0 Å². The topological polar surface area (TPSA) is 88.3 Å². The van der Waals surface area contributed by atoms with E-state index in [2.05, 4.69) is 10.3 Å². The summed E-state index contributed by atoms with van der Waals surface area (Å²) in [5.74, 6) is -0.123. The van der Waals surface area contributed by atoms with Gasteiger partial charge in [0.2, 0.25) is 0 Å². The molecule has 0 radical (unpaired) electrons. The molecule has 0 aliphatic heterocycles. The summed E-state index contributed by atoms with van der Waals surface area (Å²) in [7, 11) is 0. The maximum absolute atomic E-state index is 10.9. The number of aryl methyl sites for hydroxylation is 2. The number of thiazole rings is 1. The predicted molar refractivity (Wildman–Crippen MR) is 73.7 cm³/mol. The van der Waals surface area contributed by atoms with E-state index in [-0.39, 0.29) is 11.4 Å². The Morgan fingerprint density at radius 2 is 2.21 bits per heavy atom. The summed E-state index contributed by atoms with van der Waals surface area (Å²) in [6, 6.07) is 4.05. The van der Waals surface area contributed by atoms with Crippen molar-refractivity contribution in [2.45, 2.75) is 20.4 Å². The summed E-state index contributed by atoms with van der Waals surface area (Å²) < 4.78 is 0. The minimum absolute atomic E-state index is 0.123. The Balaban J connectivity index is 2.20. The number of anilines is 1. The maximum Gasteiger partial charge on any atom is 0.296 e. The molecular formula is C12H13N3O3S. The molecule has 1 aromatic heterocycles. The zero-order valence-corrected chi connectivity index (χ0v) is 11.3. The van der Waals surface area contributed by atoms with Crippen molar-refractivity contribution in [3.8, 4) is 5.75 Å². The highest BCUT2D eigenvalue weighted by Gasteiger charge is 2.15. The first-order valence-corrected chi connectivity index (χ1v) is 6.43. The Morgan fingerprint density at radius 3 is 2.79 bits per heavy atom. The molecular weight excluding hydrogens is 266 g/mol. The fraction of sp³-hybridized carbons (Fsp3) is 0.250. The predicted octanol–water partition coefficient (Wildman–Crippen LogP) is 2.99. The first-order valence-electron chi connectivity index (χ1n) is 5.61. The molecule has 0 amide bonds. The monoisotopic (exact) mass is 279 g/mol. The third-order valence-electron chi connectivity index (χ3n) is 2.62. The molecule has 2 aromatic rings. The van der Waals surface area contributed by atoms with Crippen LogP contribution in [0.4, 0.5) is 11.4 Å². The van der Waals surface area contributed by atoms with Gasteiger partial charge in [0.05, 0.1) is 28.2 Å². The van der Waals surface area contributed by atoms with Gasteiger partial charge in [0.15, 0.2) is 0 Å². The lowest BCUT2D eigenvalue weighted by atomic mass is 10.2. The Hall–Kier alpha value is -2.15. The van der Waals surface area contributed by atoms with Gasteiger partial charge in [-0.15, -0.1) is 11.3 Å². The highest BCUT2D eigenvalue weighted by Crippen LogP contribution is 2.29. The van der Waals surface area contributed by atoms with E-state index in [0.29, 0.717) is 12.2 Å². The average Bonchev–Trinajstić information content (AvgIpc) is 2.66. The second-order valence-corrected chi connectivity index (χ2v) is 5.34. The number of nitro groups is 1. The quantitative estimate of drug-likeness (QED) is 0.510. The number of benzene rings is 1. The van der Waals surface area contributed by atoms with Crippen LogP contribution in [0.5, 0.6) is 5.75 Å². The summed E-state index contributed by atoms with van der Waals surface area (Å²) in [5.41, 5.74) is 1.17. The molecule has 0 unspecified atom stereocenters. The minimum atomic E-state index is -0.521. The van der Waals surface area contributed by atoms with Crippen molar-refractivity contribution in [3.63, 3.8) is 0 Å². The SMILES string of the molecule is Cc1nc(C)c(CNc2ccc(O)cc2[N+](=O)[O-])s1. The molecule has 2 N–H and O–H groups in total. The molecule has 0 aliphatic carbocycles. The number of phenols is 1. The molecule has 0 fully saturated rings. The van der Waals surface area contributed by atoms with E-state index in [9.17, 15) is 15.2 Å². The van der Waals surface area contributed by atoms with Crippen molar-refractivity contribution in [3.05, 3.63) is 43.9 Å². The van der Waals surface area contributed by atoms with Gasteiger partial charge in [-0.3, -0.25) is 10.1 Å². The number of nitro benzene ring substituents is 1. The van der Waals surface area contributed by atoms with Crippen molar-refractivity contribution in [1.29, 1.82) is 0 Å². The van der Waals surface area contributed by atoms with Crippen molar-refractivity contribution >= 4 is 22.7 Å². The fourth-order valence-electron chi connectivity index (χ4n) is 1.73. The average molecular weight is 279 g/mol. The molecule has 0 atom stereocenters. The van der Waals surface area contributed by atoms with Crippen LogP contribution < -0.4 is 5.32 Å². The zero-order valence-electron chi connectivity index (χ0n) is 10.5. The summed E-state index contributed by atoms with van der Waals surface area (Å²) in [6.45, 7) is 4.30. The Kier molecular flexibility index (Phi) is 3.66. The molecule has 1 aromatic carbocycles. The Labute approximate surface area is 113 Å². The zero-order chi connectivity index (χ0) is 14.0. The summed E-state index contributed by atoms with van der Waals surface area (Å²) in [4.78, 5) is 15.7. The second kappa shape index (κ2) is 5.23. The number of aromatic hydroxyl groups is 1. The summed E-state index contributed by atoms with van der Waals surface area (Å²) in [6.07, 6.45) is 0. The number of nitrogens with one attached hydrogen (secondary N) is 1. The Morgan fingerprint density at radius 1 is 1.47 bits per heavy atom. The second-order valence-electron chi connectivity index (χ2n) is 4.05. The van der Waals surface area contributed by atoms with Gasteiger partial charge in [0.1, 0.15) is 11.4 Å². The van der Waals surface area contributed by atoms with Crippen LogP contribution in [0.3, 0.4) is 0 Å². The van der Waals surface area contributed by atoms with Gasteiger partial charge < -0.3 is 10.4 Å². The fourth-order valence-corrected chi connectivity index (χ4v) is 2.61. The molecule has 0 saturated heterocycles. The van der Waals surface area contributed by atoms with Crippen LogP contribution in [0.2, 0.25) is 0 Å². The van der Waals surface area contributed by atoms with Crippen LogP contribution >= 0.6 is 11.3 Å². The van der Waals surface area contributed by atoms with Crippen LogP contribution in [0, 0.1) is 24.0 Å². The minimum Gasteiger partial charge on any atom is -0.508 e. The van der Waals surface area contributed by atoms with E-state index in [1.54, 1.807) is 11.3 Å². The molecule has 19 heavy (non-hydrogen) atoms. The highest BCUT2D eigenvalue weighted by molar-refractivity contribution is 7.11. The van der Waals surface area contributed by atoms with Gasteiger partial charge in [-0.05, 0) is 26.0 Å². The molecule has 2 rings (SSSR count). The summed E-state index contributed by atoms with van der Waals surface area (Å²) >= 11 is 1.56. The maximum atomic E-state index is 10.9. The largest absolute Gasteiger partial charge is 0.508 e. The van der Waals surface area contributed by atoms with E-state index in [1.807, 2.05) is 13.8 Å². The van der Waals surface area contributed by atoms with Crippen molar-refractivity contribution in [2.75, 3.05) is 5.32 Å². The number of hydrogen-bond acceptors (Lipinski definition) is 6. The van der Waals surface area contributed by atoms with Crippen molar-refractivity contribution in [1.82, 2.24) is 4.98 Å². The number of rotatable bonds is 4. The molecule has 1 heterocycles. The van der Waals surface area contributed by atoms with E-state index >= 15 is 0 Å². The van der Waals surface area contributed by atoms with E-state index in [1.165, 1.54) is 12.1 Å². The summed E-state index contributed by atoms with van der Waals surface area (Å²) in [5, 5.41) is 24.2. The van der Waals surface area contributed by atoms with Gasteiger partial charge in [-0.1, -0.05) is 0 Å². The van der Waals surface area contributed by atoms with Gasteiger partial charge in [0, 0.05) is 4.88 Å². The first kappa shape index (κ1) is 13.3. The lowest BCUT2D eigenvalue weighted by Gasteiger charge is -2.06. The number of aromatic nitrogens is 1. The van der Waals surface area contributed by atoms with Gasteiger partial charge in [0.25, 0.3) is 5.69 Å². The highest BCUT2D eigenvalue weighted by atomic mass is 32.1. The van der Waals surface area contributed by atoms with Crippen LogP contribution in [0.1, 0.15) is 15.6 Å². The molecule has 0 aliphatic rings. The van der Waals surface area contributed by atoms with Crippen molar-refractivity contribution in [2.24, 2.45) is 0 Å². The molecule has 7 heteroatoms. The van der Waals surface area contributed by atoms with Crippen LogP contribution in [0.25, 0.3) is 0 Å². The van der Waals surface area contributed by atoms with Gasteiger partial charge in [-0.2, -0.15) is 0 Å². The molecule has 0 saturated carbocycles. The normalized spacial score (nSPS) is 10.4. The standard InChI is InChI=1S/C12H13N3O3S/c1-7-12(19-8(2)14-7)6-13-10-4-3-9(16)5-11(10)15(17)18/h3-5,13,16H,6H2,1-2H3. The third-order valence-corrected chi connectivity index (χ3v) is 3.69. The smallest absolute Gasteiger partial charge is 0.296 e.